The molecule has 0 unspecified atom stereocenters. The SMILES string of the molecule is CN(C)c1ccc(C(=O)Nc2cccc(Cl)c2)cn1. The lowest BCUT2D eigenvalue weighted by Crippen LogP contribution is -2.14. The number of nitrogens with one attached hydrogen (secondary N) is 1. The van der Waals surface area contributed by atoms with E-state index >= 15 is 0 Å². The van der Waals surface area contributed by atoms with E-state index in [4.69, 9.17) is 11.6 Å². The first-order valence-electron chi connectivity index (χ1n) is 5.76. The molecule has 1 heterocycles. The first-order valence-corrected chi connectivity index (χ1v) is 6.14. The molecule has 1 N–H and O–H groups in total. The fourth-order valence-corrected chi connectivity index (χ4v) is 1.74. The van der Waals surface area contributed by atoms with Crippen molar-refractivity contribution in [3.63, 3.8) is 0 Å². The standard InChI is InChI=1S/C14H14ClN3O/c1-18(2)13-7-6-10(9-16-13)14(19)17-12-5-3-4-11(15)8-12/h3-9H,1-2H3,(H,17,19). The fraction of sp³-hybridized carbons (Fsp3) is 0.143. The topological polar surface area (TPSA) is 45.2 Å². The average Bonchev–Trinajstić information content (AvgIpc) is 2.39. The Hall–Kier alpha value is -2.07. The second-order valence-corrected chi connectivity index (χ2v) is 4.70. The highest BCUT2D eigenvalue weighted by molar-refractivity contribution is 6.30. The molecule has 0 bridgehead atoms. The van der Waals surface area contributed by atoms with Crippen molar-refractivity contribution < 1.29 is 4.79 Å². The predicted molar refractivity (Wildman–Crippen MR) is 78.0 cm³/mol. The number of pyridine rings is 1. The maximum absolute atomic E-state index is 12.0. The van der Waals surface area contributed by atoms with Crippen LogP contribution in [0.5, 0.6) is 0 Å². The summed E-state index contributed by atoms with van der Waals surface area (Å²) in [6, 6.07) is 10.6. The molecule has 1 aromatic heterocycles. The molecule has 4 nitrogen and oxygen atoms in total. The van der Waals surface area contributed by atoms with Crippen LogP contribution < -0.4 is 10.2 Å². The van der Waals surface area contributed by atoms with Gasteiger partial charge < -0.3 is 10.2 Å². The molecule has 0 atom stereocenters. The van der Waals surface area contributed by atoms with E-state index in [1.165, 1.54) is 0 Å². The van der Waals surface area contributed by atoms with Crippen molar-refractivity contribution >= 4 is 29.0 Å². The number of nitrogens with zero attached hydrogens (tertiary/aromatic N) is 2. The number of hydrogen-bond acceptors (Lipinski definition) is 3. The number of hydrogen-bond donors (Lipinski definition) is 1. The smallest absolute Gasteiger partial charge is 0.257 e. The quantitative estimate of drug-likeness (QED) is 0.936. The van der Waals surface area contributed by atoms with Crippen LogP contribution in [-0.2, 0) is 0 Å². The van der Waals surface area contributed by atoms with Gasteiger partial charge in [-0.3, -0.25) is 4.79 Å². The van der Waals surface area contributed by atoms with E-state index in [1.807, 2.05) is 19.0 Å². The molecule has 0 saturated heterocycles. The highest BCUT2D eigenvalue weighted by atomic mass is 35.5. The van der Waals surface area contributed by atoms with E-state index in [2.05, 4.69) is 10.3 Å². The van der Waals surface area contributed by atoms with E-state index < -0.39 is 0 Å². The molecule has 2 rings (SSSR count). The van der Waals surface area contributed by atoms with Crippen molar-refractivity contribution in [2.24, 2.45) is 0 Å². The summed E-state index contributed by atoms with van der Waals surface area (Å²) in [4.78, 5) is 18.1. The van der Waals surface area contributed by atoms with Crippen LogP contribution in [0.3, 0.4) is 0 Å². The van der Waals surface area contributed by atoms with Gasteiger partial charge in [0.2, 0.25) is 0 Å². The van der Waals surface area contributed by atoms with Crippen LogP contribution in [0.4, 0.5) is 11.5 Å². The van der Waals surface area contributed by atoms with Crippen molar-refractivity contribution in [2.75, 3.05) is 24.3 Å². The van der Waals surface area contributed by atoms with Crippen molar-refractivity contribution in [1.82, 2.24) is 4.98 Å². The van der Waals surface area contributed by atoms with Gasteiger partial charge in [-0.05, 0) is 30.3 Å². The van der Waals surface area contributed by atoms with Gasteiger partial charge in [-0.15, -0.1) is 0 Å². The summed E-state index contributed by atoms with van der Waals surface area (Å²) < 4.78 is 0. The number of carbonyl (C=O) groups excluding carboxylic acids is 1. The number of carbonyl (C=O) groups is 1. The first kappa shape index (κ1) is 13.4. The van der Waals surface area contributed by atoms with Gasteiger partial charge in [-0.2, -0.15) is 0 Å². The van der Waals surface area contributed by atoms with Crippen molar-refractivity contribution in [3.05, 3.63) is 53.2 Å². The number of rotatable bonds is 3. The zero-order valence-electron chi connectivity index (χ0n) is 10.7. The Labute approximate surface area is 117 Å². The Morgan fingerprint density at radius 3 is 2.63 bits per heavy atom. The van der Waals surface area contributed by atoms with Gasteiger partial charge in [0.15, 0.2) is 0 Å². The Morgan fingerprint density at radius 2 is 2.05 bits per heavy atom. The molecule has 5 heteroatoms. The minimum absolute atomic E-state index is 0.208. The number of amides is 1. The number of halogens is 1. The van der Waals surface area contributed by atoms with E-state index in [9.17, 15) is 4.79 Å². The summed E-state index contributed by atoms with van der Waals surface area (Å²) in [7, 11) is 3.79. The molecule has 0 aliphatic heterocycles. The highest BCUT2D eigenvalue weighted by Gasteiger charge is 2.07. The molecule has 2 aromatic rings. The van der Waals surface area contributed by atoms with Crippen LogP contribution >= 0.6 is 11.6 Å². The van der Waals surface area contributed by atoms with Crippen LogP contribution in [0.15, 0.2) is 42.6 Å². The molecule has 0 fully saturated rings. The van der Waals surface area contributed by atoms with Gasteiger partial charge in [0.1, 0.15) is 5.82 Å². The summed E-state index contributed by atoms with van der Waals surface area (Å²) in [5.41, 5.74) is 1.17. The Morgan fingerprint density at radius 1 is 1.26 bits per heavy atom. The normalized spacial score (nSPS) is 10.1. The third kappa shape index (κ3) is 3.45. The summed E-state index contributed by atoms with van der Waals surface area (Å²) in [6.45, 7) is 0. The van der Waals surface area contributed by atoms with Crippen molar-refractivity contribution in [2.45, 2.75) is 0 Å². The third-order valence-electron chi connectivity index (χ3n) is 2.55. The van der Waals surface area contributed by atoms with Crippen LogP contribution in [0.1, 0.15) is 10.4 Å². The van der Waals surface area contributed by atoms with Gasteiger partial charge >= 0.3 is 0 Å². The van der Waals surface area contributed by atoms with Crippen LogP contribution in [0.25, 0.3) is 0 Å². The summed E-state index contributed by atoms with van der Waals surface area (Å²) in [5.74, 6) is 0.597. The zero-order chi connectivity index (χ0) is 13.8. The van der Waals surface area contributed by atoms with Gasteiger partial charge in [0.25, 0.3) is 5.91 Å². The molecular weight excluding hydrogens is 262 g/mol. The zero-order valence-corrected chi connectivity index (χ0v) is 11.5. The van der Waals surface area contributed by atoms with Gasteiger partial charge in [0.05, 0.1) is 5.56 Å². The second kappa shape index (κ2) is 5.71. The second-order valence-electron chi connectivity index (χ2n) is 4.26. The maximum atomic E-state index is 12.0. The largest absolute Gasteiger partial charge is 0.363 e. The first-order chi connectivity index (χ1) is 9.06. The molecule has 0 spiro atoms. The van der Waals surface area contributed by atoms with E-state index in [-0.39, 0.29) is 5.91 Å². The third-order valence-corrected chi connectivity index (χ3v) is 2.79. The summed E-state index contributed by atoms with van der Waals surface area (Å²) >= 11 is 5.86. The fourth-order valence-electron chi connectivity index (χ4n) is 1.55. The minimum atomic E-state index is -0.208. The molecule has 0 radical (unpaired) electrons. The Balaban J connectivity index is 2.11. The Kier molecular flexibility index (Phi) is 4.02. The lowest BCUT2D eigenvalue weighted by atomic mass is 10.2. The molecule has 0 aliphatic carbocycles. The van der Waals surface area contributed by atoms with E-state index in [0.717, 1.165) is 5.82 Å². The summed E-state index contributed by atoms with van der Waals surface area (Å²) in [5, 5.41) is 3.35. The number of benzene rings is 1. The lowest BCUT2D eigenvalue weighted by molar-refractivity contribution is 0.102. The average molecular weight is 276 g/mol. The van der Waals surface area contributed by atoms with Gasteiger partial charge in [0, 0.05) is 31.0 Å². The molecule has 0 aliphatic rings. The monoisotopic (exact) mass is 275 g/mol. The molecule has 98 valence electrons. The Bertz CT molecular complexity index is 581. The van der Waals surface area contributed by atoms with E-state index in [1.54, 1.807) is 42.6 Å². The van der Waals surface area contributed by atoms with Gasteiger partial charge in [-0.1, -0.05) is 17.7 Å². The minimum Gasteiger partial charge on any atom is -0.363 e. The molecule has 1 aromatic carbocycles. The molecule has 0 saturated carbocycles. The van der Waals surface area contributed by atoms with Crippen LogP contribution in [0.2, 0.25) is 5.02 Å². The highest BCUT2D eigenvalue weighted by Crippen LogP contribution is 2.16. The predicted octanol–water partition coefficient (Wildman–Crippen LogP) is 3.05. The maximum Gasteiger partial charge on any atom is 0.257 e. The van der Waals surface area contributed by atoms with Crippen LogP contribution in [0, 0.1) is 0 Å². The van der Waals surface area contributed by atoms with Crippen molar-refractivity contribution in [1.29, 1.82) is 0 Å². The number of anilines is 2. The van der Waals surface area contributed by atoms with E-state index in [0.29, 0.717) is 16.3 Å². The molecular formula is C14H14ClN3O. The number of aromatic nitrogens is 1. The molecule has 1 amide bonds. The van der Waals surface area contributed by atoms with Gasteiger partial charge in [-0.25, -0.2) is 4.98 Å². The molecule has 19 heavy (non-hydrogen) atoms. The van der Waals surface area contributed by atoms with Crippen LogP contribution in [-0.4, -0.2) is 25.0 Å². The summed E-state index contributed by atoms with van der Waals surface area (Å²) in [6.07, 6.45) is 1.55. The van der Waals surface area contributed by atoms with Crippen molar-refractivity contribution in [3.8, 4) is 0 Å². The lowest BCUT2D eigenvalue weighted by Gasteiger charge is -2.11.